The van der Waals surface area contributed by atoms with E-state index < -0.39 is 18.5 Å². The third kappa shape index (κ3) is 5.42. The number of nitrogens with one attached hydrogen (secondary N) is 5. The number of halogens is 2. The van der Waals surface area contributed by atoms with Gasteiger partial charge < -0.3 is 5.32 Å². The zero-order valence-corrected chi connectivity index (χ0v) is 15.8. The molecular weight excluding hydrogens is 409 g/mol. The van der Waals surface area contributed by atoms with Crippen LogP contribution in [0.3, 0.4) is 0 Å². The van der Waals surface area contributed by atoms with E-state index in [0.717, 1.165) is 0 Å². The van der Waals surface area contributed by atoms with E-state index >= 15 is 0 Å². The van der Waals surface area contributed by atoms with Crippen molar-refractivity contribution in [2.45, 2.75) is 12.6 Å². The van der Waals surface area contributed by atoms with Gasteiger partial charge in [-0.25, -0.2) is 5.43 Å². The van der Waals surface area contributed by atoms with Crippen molar-refractivity contribution < 1.29 is 4.79 Å². The average Bonchev–Trinajstić information content (AvgIpc) is 2.66. The van der Waals surface area contributed by atoms with Crippen molar-refractivity contribution in [1.29, 1.82) is 5.53 Å². The summed E-state index contributed by atoms with van der Waals surface area (Å²) in [5.74, 6) is 4.39. The Labute approximate surface area is 169 Å². The highest BCUT2D eigenvalue weighted by Crippen LogP contribution is 2.37. The van der Waals surface area contributed by atoms with Gasteiger partial charge in [0.1, 0.15) is 6.29 Å². The molecule has 0 aromatic heterocycles. The van der Waals surface area contributed by atoms with Gasteiger partial charge in [-0.15, -0.1) is 4.91 Å². The summed E-state index contributed by atoms with van der Waals surface area (Å²) in [5, 5.41) is 11.7. The molecule has 0 aliphatic heterocycles. The minimum atomic E-state index is -0.888. The Bertz CT molecular complexity index is 857. The SMILES string of the molecule is N=NNC(NN)NC(N)Nc1cc(Cl)c(-c2cccc(C(=O)N=O)c2)c(Cl)c1. The first-order chi connectivity index (χ1) is 13.4. The smallest absolute Gasteiger partial charge is 0.316 e. The summed E-state index contributed by atoms with van der Waals surface area (Å²) < 4.78 is 0. The van der Waals surface area contributed by atoms with Gasteiger partial charge in [0, 0.05) is 22.0 Å². The molecule has 11 nitrogen and oxygen atoms in total. The molecule has 2 aromatic carbocycles. The van der Waals surface area contributed by atoms with Crippen molar-refractivity contribution in [3.63, 3.8) is 0 Å². The van der Waals surface area contributed by atoms with Crippen molar-refractivity contribution in [3.8, 4) is 11.1 Å². The van der Waals surface area contributed by atoms with Crippen LogP contribution in [0.25, 0.3) is 11.1 Å². The number of rotatable bonds is 9. The van der Waals surface area contributed by atoms with Gasteiger partial charge in [0.05, 0.1) is 10.0 Å². The minimum Gasteiger partial charge on any atom is -0.358 e. The topological polar surface area (TPSA) is 183 Å². The van der Waals surface area contributed by atoms with E-state index in [-0.39, 0.29) is 5.56 Å². The second kappa shape index (κ2) is 10.0. The van der Waals surface area contributed by atoms with Crippen LogP contribution < -0.4 is 33.1 Å². The summed E-state index contributed by atoms with van der Waals surface area (Å²) in [6.45, 7) is 0. The van der Waals surface area contributed by atoms with Gasteiger partial charge in [0.15, 0.2) is 6.29 Å². The summed E-state index contributed by atoms with van der Waals surface area (Å²) in [6, 6.07) is 9.41. The Morgan fingerprint density at radius 1 is 1.18 bits per heavy atom. The Morgan fingerprint density at radius 3 is 2.43 bits per heavy atom. The summed E-state index contributed by atoms with van der Waals surface area (Å²) in [7, 11) is 0. The highest BCUT2D eigenvalue weighted by molar-refractivity contribution is 6.39. The lowest BCUT2D eigenvalue weighted by Crippen LogP contribution is -2.61. The van der Waals surface area contributed by atoms with Crippen LogP contribution in [0.4, 0.5) is 5.69 Å². The van der Waals surface area contributed by atoms with Crippen LogP contribution in [0.2, 0.25) is 10.0 Å². The fourth-order valence-corrected chi connectivity index (χ4v) is 3.09. The first kappa shape index (κ1) is 21.6. The third-order valence-electron chi connectivity index (χ3n) is 3.55. The molecule has 2 atom stereocenters. The number of nitroso groups, excluding NO2 is 1. The molecule has 2 rings (SSSR count). The molecule has 0 fully saturated rings. The molecule has 2 unspecified atom stereocenters. The standard InChI is InChI=1S/C15H17Cl2N9O2/c16-10-5-9(21-14(18)22-15(23-19)24-26-20)6-11(17)12(10)7-2-1-3-8(4-7)13(27)25-28/h1-6,14-15,21-23H,18-19H2,(H2,20,24). The fraction of sp³-hybridized carbons (Fsp3) is 0.133. The molecule has 0 saturated carbocycles. The van der Waals surface area contributed by atoms with E-state index in [9.17, 15) is 9.70 Å². The number of carbonyl (C=O) groups is 1. The first-order valence-electron chi connectivity index (χ1n) is 7.73. The Morgan fingerprint density at radius 2 is 1.86 bits per heavy atom. The number of carbonyl (C=O) groups excluding carboxylic acids is 1. The van der Waals surface area contributed by atoms with Gasteiger partial charge in [0.2, 0.25) is 0 Å². The number of hydrogen-bond acceptors (Lipinski definition) is 9. The molecule has 9 N–H and O–H groups in total. The molecule has 1 amide bonds. The Kier molecular flexibility index (Phi) is 7.75. The lowest BCUT2D eigenvalue weighted by atomic mass is 10.0. The van der Waals surface area contributed by atoms with Crippen LogP contribution in [0.15, 0.2) is 46.8 Å². The molecule has 148 valence electrons. The second-order valence-electron chi connectivity index (χ2n) is 5.42. The van der Waals surface area contributed by atoms with Crippen LogP contribution >= 0.6 is 23.2 Å². The van der Waals surface area contributed by atoms with Crippen molar-refractivity contribution in [2.24, 2.45) is 22.0 Å². The molecular formula is C15H17Cl2N9O2. The van der Waals surface area contributed by atoms with E-state index in [1.807, 2.05) is 0 Å². The third-order valence-corrected chi connectivity index (χ3v) is 4.15. The molecule has 13 heteroatoms. The number of nitrogens with two attached hydrogens (primary N) is 2. The molecule has 28 heavy (non-hydrogen) atoms. The number of anilines is 1. The van der Waals surface area contributed by atoms with E-state index in [4.69, 9.17) is 40.3 Å². The van der Waals surface area contributed by atoms with Crippen LogP contribution in [0.1, 0.15) is 10.4 Å². The minimum absolute atomic E-state index is 0.126. The molecule has 0 heterocycles. The maximum Gasteiger partial charge on any atom is 0.316 e. The van der Waals surface area contributed by atoms with Crippen molar-refractivity contribution in [1.82, 2.24) is 16.2 Å². The lowest BCUT2D eigenvalue weighted by Gasteiger charge is -2.23. The largest absolute Gasteiger partial charge is 0.358 e. The van der Waals surface area contributed by atoms with Crippen LogP contribution in [-0.4, -0.2) is 18.5 Å². The monoisotopic (exact) mass is 425 g/mol. The predicted octanol–water partition coefficient (Wildman–Crippen LogP) is 2.09. The summed E-state index contributed by atoms with van der Waals surface area (Å²) in [4.78, 5) is 22.0. The summed E-state index contributed by atoms with van der Waals surface area (Å²) in [6.07, 6.45) is -1.55. The number of hydrazine groups is 1. The quantitative estimate of drug-likeness (QED) is 0.105. The van der Waals surface area contributed by atoms with Gasteiger partial charge >= 0.3 is 5.91 Å². The van der Waals surface area contributed by atoms with Gasteiger partial charge in [-0.2, -0.15) is 5.53 Å². The van der Waals surface area contributed by atoms with Crippen LogP contribution in [-0.2, 0) is 0 Å². The number of nitrogens with zero attached hydrogens (tertiary/aromatic N) is 2. The average molecular weight is 426 g/mol. The Balaban J connectivity index is 2.24. The molecule has 0 aliphatic rings. The molecule has 0 radical (unpaired) electrons. The van der Waals surface area contributed by atoms with Gasteiger partial charge in [-0.1, -0.05) is 40.6 Å². The van der Waals surface area contributed by atoms with Gasteiger partial charge in [0.25, 0.3) is 0 Å². The number of benzene rings is 2. The van der Waals surface area contributed by atoms with Crippen LogP contribution in [0.5, 0.6) is 0 Å². The zero-order valence-electron chi connectivity index (χ0n) is 14.2. The molecule has 2 aromatic rings. The van der Waals surface area contributed by atoms with Gasteiger partial charge in [-0.3, -0.25) is 27.1 Å². The molecule has 0 saturated heterocycles. The summed E-state index contributed by atoms with van der Waals surface area (Å²) in [5.41, 5.74) is 19.0. The predicted molar refractivity (Wildman–Crippen MR) is 106 cm³/mol. The van der Waals surface area contributed by atoms with E-state index in [2.05, 4.69) is 31.9 Å². The molecule has 0 spiro atoms. The maximum atomic E-state index is 11.5. The Hall–Kier alpha value is -2.67. The highest BCUT2D eigenvalue weighted by Gasteiger charge is 2.15. The van der Waals surface area contributed by atoms with E-state index in [0.29, 0.717) is 26.9 Å². The van der Waals surface area contributed by atoms with Crippen molar-refractivity contribution in [3.05, 3.63) is 56.9 Å². The zero-order chi connectivity index (χ0) is 20.7. The van der Waals surface area contributed by atoms with E-state index in [1.54, 1.807) is 24.3 Å². The van der Waals surface area contributed by atoms with Gasteiger partial charge in [-0.05, 0) is 29.8 Å². The number of amides is 1. The molecule has 0 bridgehead atoms. The van der Waals surface area contributed by atoms with Crippen molar-refractivity contribution in [2.75, 3.05) is 5.32 Å². The van der Waals surface area contributed by atoms with Crippen LogP contribution in [0, 0.1) is 10.4 Å². The number of hydrogen-bond donors (Lipinski definition) is 7. The first-order valence-corrected chi connectivity index (χ1v) is 8.48. The summed E-state index contributed by atoms with van der Waals surface area (Å²) >= 11 is 12.7. The molecule has 0 aliphatic carbocycles. The van der Waals surface area contributed by atoms with Crippen molar-refractivity contribution >= 4 is 34.8 Å². The second-order valence-corrected chi connectivity index (χ2v) is 6.24. The normalized spacial score (nSPS) is 12.7. The maximum absolute atomic E-state index is 11.5. The highest BCUT2D eigenvalue weighted by atomic mass is 35.5. The van der Waals surface area contributed by atoms with E-state index in [1.165, 1.54) is 12.1 Å². The lowest BCUT2D eigenvalue weighted by molar-refractivity contribution is 0.100. The fourth-order valence-electron chi connectivity index (χ4n) is 2.38.